The number of ether oxygens (including phenoxy) is 1. The number of benzene rings is 2. The van der Waals surface area contributed by atoms with Gasteiger partial charge in [-0.25, -0.2) is 4.39 Å². The van der Waals surface area contributed by atoms with Gasteiger partial charge in [-0.05, 0) is 48.1 Å². The van der Waals surface area contributed by atoms with Gasteiger partial charge in [0.15, 0.2) is 0 Å². The molecular weight excluding hydrogens is 331 g/mol. The SMILES string of the molecule is COCc1ccccc1CNC(=O)CN1CCCc2cc(C)cc(F)c21. The van der Waals surface area contributed by atoms with Gasteiger partial charge < -0.3 is 15.0 Å². The van der Waals surface area contributed by atoms with Crippen molar-refractivity contribution in [1.29, 1.82) is 0 Å². The Kier molecular flexibility index (Phi) is 5.89. The molecule has 0 spiro atoms. The smallest absolute Gasteiger partial charge is 0.239 e. The summed E-state index contributed by atoms with van der Waals surface area (Å²) in [7, 11) is 1.65. The minimum absolute atomic E-state index is 0.106. The highest BCUT2D eigenvalue weighted by atomic mass is 19.1. The summed E-state index contributed by atoms with van der Waals surface area (Å²) in [6.45, 7) is 3.71. The van der Waals surface area contributed by atoms with Crippen LogP contribution in [0.25, 0.3) is 0 Å². The zero-order valence-electron chi connectivity index (χ0n) is 15.3. The van der Waals surface area contributed by atoms with Gasteiger partial charge in [0.05, 0.1) is 18.8 Å². The van der Waals surface area contributed by atoms with E-state index in [2.05, 4.69) is 5.32 Å². The van der Waals surface area contributed by atoms with Crippen LogP contribution in [0.2, 0.25) is 0 Å². The number of fused-ring (bicyclic) bond motifs is 1. The summed E-state index contributed by atoms with van der Waals surface area (Å²) in [5, 5.41) is 2.95. The Morgan fingerprint density at radius 3 is 2.81 bits per heavy atom. The van der Waals surface area contributed by atoms with Crippen LogP contribution < -0.4 is 10.2 Å². The number of nitrogens with zero attached hydrogens (tertiary/aromatic N) is 1. The van der Waals surface area contributed by atoms with Crippen LogP contribution in [0.1, 0.15) is 28.7 Å². The molecule has 0 saturated carbocycles. The number of anilines is 1. The molecule has 0 unspecified atom stereocenters. The van der Waals surface area contributed by atoms with E-state index < -0.39 is 0 Å². The quantitative estimate of drug-likeness (QED) is 0.863. The number of nitrogens with one attached hydrogen (secondary N) is 1. The summed E-state index contributed by atoms with van der Waals surface area (Å²) in [5.41, 5.74) is 4.58. The minimum atomic E-state index is -0.238. The van der Waals surface area contributed by atoms with E-state index in [-0.39, 0.29) is 18.3 Å². The van der Waals surface area contributed by atoms with Crippen molar-refractivity contribution < 1.29 is 13.9 Å². The molecule has 3 rings (SSSR count). The van der Waals surface area contributed by atoms with Crippen molar-refractivity contribution in [2.24, 2.45) is 0 Å². The van der Waals surface area contributed by atoms with Crippen molar-refractivity contribution in [3.63, 3.8) is 0 Å². The number of hydrogen-bond donors (Lipinski definition) is 1. The third-order valence-corrected chi connectivity index (χ3v) is 4.71. The second-order valence-electron chi connectivity index (χ2n) is 6.76. The number of hydrogen-bond acceptors (Lipinski definition) is 3. The van der Waals surface area contributed by atoms with Crippen molar-refractivity contribution in [3.8, 4) is 0 Å². The first-order chi connectivity index (χ1) is 12.6. The molecule has 0 saturated heterocycles. The van der Waals surface area contributed by atoms with E-state index in [1.807, 2.05) is 42.2 Å². The first-order valence-corrected chi connectivity index (χ1v) is 8.95. The molecule has 1 aliphatic rings. The maximum Gasteiger partial charge on any atom is 0.239 e. The molecule has 1 N–H and O–H groups in total. The normalized spacial score (nSPS) is 13.4. The van der Waals surface area contributed by atoms with E-state index in [1.54, 1.807) is 7.11 Å². The molecule has 1 aliphatic heterocycles. The standard InChI is InChI=1S/C21H25FN2O2/c1-15-10-16-8-5-9-24(21(16)19(22)11-15)13-20(25)23-12-17-6-3-4-7-18(17)14-26-2/h3-4,6-7,10-11H,5,8-9,12-14H2,1-2H3,(H,23,25). The zero-order chi connectivity index (χ0) is 18.5. The highest BCUT2D eigenvalue weighted by Crippen LogP contribution is 2.30. The third kappa shape index (κ3) is 4.22. The number of methoxy groups -OCH3 is 1. The number of rotatable bonds is 6. The predicted octanol–water partition coefficient (Wildman–Crippen LogP) is 3.35. The second-order valence-corrected chi connectivity index (χ2v) is 6.76. The van der Waals surface area contributed by atoms with Gasteiger partial charge in [-0.2, -0.15) is 0 Å². The van der Waals surface area contributed by atoms with Crippen molar-refractivity contribution >= 4 is 11.6 Å². The Labute approximate surface area is 154 Å². The first kappa shape index (κ1) is 18.4. The largest absolute Gasteiger partial charge is 0.380 e. The number of carbonyl (C=O) groups is 1. The van der Waals surface area contributed by atoms with Gasteiger partial charge >= 0.3 is 0 Å². The van der Waals surface area contributed by atoms with Crippen LogP contribution in [0, 0.1) is 12.7 Å². The Balaban J connectivity index is 1.65. The van der Waals surface area contributed by atoms with Gasteiger partial charge in [0.25, 0.3) is 0 Å². The predicted molar refractivity (Wildman–Crippen MR) is 101 cm³/mol. The molecule has 138 valence electrons. The average molecular weight is 356 g/mol. The Morgan fingerprint density at radius 2 is 2.04 bits per heavy atom. The highest BCUT2D eigenvalue weighted by molar-refractivity contribution is 5.82. The van der Waals surface area contributed by atoms with Crippen LogP contribution in [-0.2, 0) is 29.1 Å². The molecule has 2 aromatic rings. The third-order valence-electron chi connectivity index (χ3n) is 4.71. The fourth-order valence-corrected chi connectivity index (χ4v) is 3.53. The summed E-state index contributed by atoms with van der Waals surface area (Å²) < 4.78 is 19.6. The summed E-state index contributed by atoms with van der Waals surface area (Å²) in [5.74, 6) is -0.344. The molecule has 2 aromatic carbocycles. The van der Waals surface area contributed by atoms with Crippen molar-refractivity contribution in [2.45, 2.75) is 32.9 Å². The molecule has 26 heavy (non-hydrogen) atoms. The van der Waals surface area contributed by atoms with Gasteiger partial charge in [0.1, 0.15) is 5.82 Å². The van der Waals surface area contributed by atoms with Crippen LogP contribution in [-0.4, -0.2) is 26.1 Å². The molecule has 0 aromatic heterocycles. The van der Waals surface area contributed by atoms with E-state index >= 15 is 0 Å². The average Bonchev–Trinajstić information content (AvgIpc) is 2.61. The lowest BCUT2D eigenvalue weighted by Crippen LogP contribution is -2.40. The highest BCUT2D eigenvalue weighted by Gasteiger charge is 2.23. The lowest BCUT2D eigenvalue weighted by molar-refractivity contribution is -0.119. The fourth-order valence-electron chi connectivity index (χ4n) is 3.53. The van der Waals surface area contributed by atoms with Crippen molar-refractivity contribution in [2.75, 3.05) is 25.1 Å². The number of amides is 1. The molecule has 1 heterocycles. The van der Waals surface area contributed by atoms with E-state index in [9.17, 15) is 9.18 Å². The summed E-state index contributed by atoms with van der Waals surface area (Å²) in [6, 6.07) is 11.4. The van der Waals surface area contributed by atoms with E-state index in [0.717, 1.165) is 35.1 Å². The van der Waals surface area contributed by atoms with Crippen LogP contribution in [0.3, 0.4) is 0 Å². The monoisotopic (exact) mass is 356 g/mol. The fraction of sp³-hybridized carbons (Fsp3) is 0.381. The van der Waals surface area contributed by atoms with Crippen molar-refractivity contribution in [3.05, 3.63) is 64.5 Å². The topological polar surface area (TPSA) is 41.6 Å². The van der Waals surface area contributed by atoms with Crippen LogP contribution >= 0.6 is 0 Å². The van der Waals surface area contributed by atoms with Gasteiger partial charge in [0, 0.05) is 20.2 Å². The van der Waals surface area contributed by atoms with Gasteiger partial charge in [-0.15, -0.1) is 0 Å². The van der Waals surface area contributed by atoms with Crippen LogP contribution in [0.4, 0.5) is 10.1 Å². The molecule has 0 fully saturated rings. The number of aryl methyl sites for hydroxylation is 2. The molecule has 5 heteroatoms. The zero-order valence-corrected chi connectivity index (χ0v) is 15.3. The molecule has 0 bridgehead atoms. The summed E-state index contributed by atoms with van der Waals surface area (Å²) >= 11 is 0. The maximum atomic E-state index is 14.4. The Morgan fingerprint density at radius 1 is 1.27 bits per heavy atom. The molecule has 0 atom stereocenters. The Hall–Kier alpha value is -2.40. The molecular formula is C21H25FN2O2. The lowest BCUT2D eigenvalue weighted by Gasteiger charge is -2.31. The molecule has 0 radical (unpaired) electrons. The summed E-state index contributed by atoms with van der Waals surface area (Å²) in [6.07, 6.45) is 1.79. The van der Waals surface area contributed by atoms with E-state index in [4.69, 9.17) is 4.74 Å². The lowest BCUT2D eigenvalue weighted by atomic mass is 9.99. The number of carbonyl (C=O) groups excluding carboxylic acids is 1. The van der Waals surface area contributed by atoms with Crippen LogP contribution in [0.5, 0.6) is 0 Å². The van der Waals surface area contributed by atoms with Crippen LogP contribution in [0.15, 0.2) is 36.4 Å². The molecule has 0 aliphatic carbocycles. The second kappa shape index (κ2) is 8.32. The van der Waals surface area contributed by atoms with Crippen molar-refractivity contribution in [1.82, 2.24) is 5.32 Å². The maximum absolute atomic E-state index is 14.4. The number of halogens is 1. The Bertz CT molecular complexity index is 792. The minimum Gasteiger partial charge on any atom is -0.380 e. The van der Waals surface area contributed by atoms with Gasteiger partial charge in [0.2, 0.25) is 5.91 Å². The first-order valence-electron chi connectivity index (χ1n) is 8.95. The molecule has 1 amide bonds. The van der Waals surface area contributed by atoms with E-state index in [1.165, 1.54) is 6.07 Å². The van der Waals surface area contributed by atoms with E-state index in [0.29, 0.717) is 25.4 Å². The summed E-state index contributed by atoms with van der Waals surface area (Å²) in [4.78, 5) is 14.3. The molecule has 4 nitrogen and oxygen atoms in total. The van der Waals surface area contributed by atoms with Gasteiger partial charge in [-0.3, -0.25) is 4.79 Å². The van der Waals surface area contributed by atoms with Gasteiger partial charge in [-0.1, -0.05) is 30.3 Å².